The summed E-state index contributed by atoms with van der Waals surface area (Å²) in [5, 5.41) is 2.83. The predicted molar refractivity (Wildman–Crippen MR) is 96.1 cm³/mol. The van der Waals surface area contributed by atoms with Crippen LogP contribution in [0.25, 0.3) is 0 Å². The summed E-state index contributed by atoms with van der Waals surface area (Å²) >= 11 is 0. The van der Waals surface area contributed by atoms with Gasteiger partial charge in [0, 0.05) is 44.4 Å². The first-order valence-corrected chi connectivity index (χ1v) is 8.57. The number of nitrogens with one attached hydrogen (secondary N) is 1. The van der Waals surface area contributed by atoms with E-state index in [1.165, 1.54) is 12.4 Å². The zero-order valence-corrected chi connectivity index (χ0v) is 14.7. The number of pyridine rings is 2. The molecule has 2 heterocycles. The van der Waals surface area contributed by atoms with E-state index in [2.05, 4.69) is 15.3 Å². The van der Waals surface area contributed by atoms with Crippen LogP contribution in [0.1, 0.15) is 53.0 Å². The van der Waals surface area contributed by atoms with Crippen molar-refractivity contribution in [3.05, 3.63) is 59.7 Å². The molecule has 0 saturated carbocycles. The van der Waals surface area contributed by atoms with E-state index in [9.17, 15) is 9.59 Å². The summed E-state index contributed by atoms with van der Waals surface area (Å²) in [4.78, 5) is 34.8. The minimum Gasteiger partial charge on any atom is -0.348 e. The molecule has 0 unspecified atom stereocenters. The number of aromatic nitrogens is 2. The molecule has 0 atom stereocenters. The summed E-state index contributed by atoms with van der Waals surface area (Å²) in [5.74, 6) is -0.337. The van der Waals surface area contributed by atoms with Crippen molar-refractivity contribution in [2.45, 2.75) is 33.2 Å². The Labute approximate surface area is 148 Å². The summed E-state index contributed by atoms with van der Waals surface area (Å²) in [7, 11) is 0. The van der Waals surface area contributed by atoms with Crippen molar-refractivity contribution < 1.29 is 9.59 Å². The lowest BCUT2D eigenvalue weighted by Crippen LogP contribution is -2.33. The Hall–Kier alpha value is -2.76. The summed E-state index contributed by atoms with van der Waals surface area (Å²) < 4.78 is 0. The summed E-state index contributed by atoms with van der Waals surface area (Å²) in [6.07, 6.45) is 8.14. The summed E-state index contributed by atoms with van der Waals surface area (Å²) in [6, 6.07) is 5.28. The van der Waals surface area contributed by atoms with Gasteiger partial charge in [-0.05, 0) is 36.6 Å². The van der Waals surface area contributed by atoms with Crippen molar-refractivity contribution in [1.29, 1.82) is 0 Å². The zero-order valence-electron chi connectivity index (χ0n) is 14.7. The number of hydrogen-bond acceptors (Lipinski definition) is 4. The van der Waals surface area contributed by atoms with Crippen molar-refractivity contribution in [3.63, 3.8) is 0 Å². The molecular formula is C19H24N4O2. The van der Waals surface area contributed by atoms with Gasteiger partial charge in [-0.1, -0.05) is 13.8 Å². The minimum atomic E-state index is -0.253. The molecule has 1 N–H and O–H groups in total. The van der Waals surface area contributed by atoms with Crippen molar-refractivity contribution in [2.75, 3.05) is 13.1 Å². The molecule has 132 valence electrons. The van der Waals surface area contributed by atoms with Gasteiger partial charge in [0.1, 0.15) is 0 Å². The molecule has 2 rings (SSSR count). The van der Waals surface area contributed by atoms with E-state index in [1.807, 2.05) is 26.0 Å². The first-order valence-electron chi connectivity index (χ1n) is 8.57. The quantitative estimate of drug-likeness (QED) is 0.802. The number of carbonyl (C=O) groups excluding carboxylic acids is 2. The molecule has 0 bridgehead atoms. The van der Waals surface area contributed by atoms with Gasteiger partial charge in [0.2, 0.25) is 0 Å². The van der Waals surface area contributed by atoms with Crippen molar-refractivity contribution in [2.24, 2.45) is 0 Å². The van der Waals surface area contributed by atoms with Gasteiger partial charge in [-0.3, -0.25) is 19.6 Å². The fraction of sp³-hybridized carbons (Fsp3) is 0.368. The molecule has 6 nitrogen and oxygen atoms in total. The third-order valence-electron chi connectivity index (χ3n) is 3.72. The van der Waals surface area contributed by atoms with E-state index < -0.39 is 0 Å². The molecule has 0 aromatic carbocycles. The third kappa shape index (κ3) is 5.38. The highest BCUT2D eigenvalue weighted by molar-refractivity contribution is 5.99. The van der Waals surface area contributed by atoms with Crippen LogP contribution in [-0.2, 0) is 6.54 Å². The van der Waals surface area contributed by atoms with Crippen molar-refractivity contribution in [1.82, 2.24) is 20.2 Å². The molecule has 0 fully saturated rings. The van der Waals surface area contributed by atoms with Crippen LogP contribution in [0.4, 0.5) is 0 Å². The average molecular weight is 340 g/mol. The van der Waals surface area contributed by atoms with E-state index in [1.54, 1.807) is 23.4 Å². The predicted octanol–water partition coefficient (Wildman–Crippen LogP) is 2.67. The fourth-order valence-corrected chi connectivity index (χ4v) is 2.50. The van der Waals surface area contributed by atoms with Crippen LogP contribution in [0.3, 0.4) is 0 Å². The molecule has 0 aliphatic heterocycles. The Balaban J connectivity index is 2.06. The Morgan fingerprint density at radius 1 is 1.00 bits per heavy atom. The largest absolute Gasteiger partial charge is 0.348 e. The van der Waals surface area contributed by atoms with Gasteiger partial charge < -0.3 is 10.2 Å². The maximum absolute atomic E-state index is 12.6. The maximum atomic E-state index is 12.6. The molecule has 2 aromatic heterocycles. The third-order valence-corrected chi connectivity index (χ3v) is 3.72. The highest BCUT2D eigenvalue weighted by Crippen LogP contribution is 2.09. The second kappa shape index (κ2) is 9.52. The summed E-state index contributed by atoms with van der Waals surface area (Å²) in [6.45, 7) is 5.88. The van der Waals surface area contributed by atoms with E-state index in [4.69, 9.17) is 0 Å². The van der Waals surface area contributed by atoms with Crippen LogP contribution >= 0.6 is 0 Å². The molecule has 0 spiro atoms. The van der Waals surface area contributed by atoms with E-state index in [0.29, 0.717) is 30.8 Å². The van der Waals surface area contributed by atoms with Gasteiger partial charge in [-0.15, -0.1) is 0 Å². The summed E-state index contributed by atoms with van der Waals surface area (Å²) in [5.41, 5.74) is 1.78. The molecule has 0 saturated heterocycles. The van der Waals surface area contributed by atoms with E-state index in [0.717, 1.165) is 18.4 Å². The number of hydrogen-bond donors (Lipinski definition) is 1. The Morgan fingerprint density at radius 3 is 2.28 bits per heavy atom. The van der Waals surface area contributed by atoms with Crippen LogP contribution in [0, 0.1) is 0 Å². The second-order valence-electron chi connectivity index (χ2n) is 5.79. The Morgan fingerprint density at radius 2 is 1.64 bits per heavy atom. The zero-order chi connectivity index (χ0) is 18.1. The van der Waals surface area contributed by atoms with Crippen molar-refractivity contribution >= 4 is 11.8 Å². The topological polar surface area (TPSA) is 75.2 Å². The Bertz CT molecular complexity index is 698. The molecule has 6 heteroatoms. The normalized spacial score (nSPS) is 10.3. The van der Waals surface area contributed by atoms with Gasteiger partial charge in [-0.25, -0.2) is 0 Å². The molecule has 2 amide bonds. The molecular weight excluding hydrogens is 316 g/mol. The van der Waals surface area contributed by atoms with Crippen LogP contribution in [0.2, 0.25) is 0 Å². The maximum Gasteiger partial charge on any atom is 0.255 e. The number of rotatable bonds is 8. The first-order chi connectivity index (χ1) is 12.2. The fourth-order valence-electron chi connectivity index (χ4n) is 2.50. The number of nitrogens with zero attached hydrogens (tertiary/aromatic N) is 3. The van der Waals surface area contributed by atoms with Gasteiger partial charge in [0.05, 0.1) is 11.1 Å². The van der Waals surface area contributed by atoms with Gasteiger partial charge in [0.15, 0.2) is 0 Å². The van der Waals surface area contributed by atoms with Crippen molar-refractivity contribution in [3.8, 4) is 0 Å². The molecule has 0 radical (unpaired) electrons. The highest BCUT2D eigenvalue weighted by Gasteiger charge is 2.16. The second-order valence-corrected chi connectivity index (χ2v) is 5.79. The van der Waals surface area contributed by atoms with Gasteiger partial charge in [0.25, 0.3) is 11.8 Å². The Kier molecular flexibility index (Phi) is 7.07. The lowest BCUT2D eigenvalue weighted by atomic mass is 10.1. The molecule has 0 aliphatic carbocycles. The SMILES string of the molecule is CCCN(CCC)C(=O)c1cncc(C(=O)NCc2ccncc2)c1. The van der Waals surface area contributed by atoms with Crippen LogP contribution < -0.4 is 5.32 Å². The standard InChI is InChI=1S/C19H24N4O2/c1-3-9-23(10-4-2)19(25)17-11-16(13-21-14-17)18(24)22-12-15-5-7-20-8-6-15/h5-8,11,13-14H,3-4,9-10,12H2,1-2H3,(H,22,24). The lowest BCUT2D eigenvalue weighted by molar-refractivity contribution is 0.0755. The number of carbonyl (C=O) groups is 2. The monoisotopic (exact) mass is 340 g/mol. The van der Waals surface area contributed by atoms with E-state index in [-0.39, 0.29) is 11.8 Å². The van der Waals surface area contributed by atoms with Crippen LogP contribution in [0.5, 0.6) is 0 Å². The average Bonchev–Trinajstić information content (AvgIpc) is 2.66. The molecule has 2 aromatic rings. The number of amides is 2. The molecule has 0 aliphatic rings. The highest BCUT2D eigenvalue weighted by atomic mass is 16.2. The van der Waals surface area contributed by atoms with E-state index >= 15 is 0 Å². The smallest absolute Gasteiger partial charge is 0.255 e. The lowest BCUT2D eigenvalue weighted by Gasteiger charge is -2.21. The molecule has 25 heavy (non-hydrogen) atoms. The van der Waals surface area contributed by atoms with Gasteiger partial charge >= 0.3 is 0 Å². The minimum absolute atomic E-state index is 0.0833. The van der Waals surface area contributed by atoms with Crippen LogP contribution in [0.15, 0.2) is 43.0 Å². The van der Waals surface area contributed by atoms with Gasteiger partial charge in [-0.2, -0.15) is 0 Å². The van der Waals surface area contributed by atoms with Crippen LogP contribution in [-0.4, -0.2) is 39.8 Å². The first kappa shape index (κ1) is 18.6.